The quantitative estimate of drug-likeness (QED) is 0.290. The third-order valence-electron chi connectivity index (χ3n) is 5.46. The molecule has 0 N–H and O–H groups in total. The molecule has 2 aromatic carbocycles. The molecule has 3 aromatic rings. The van der Waals surface area contributed by atoms with E-state index < -0.39 is 24.9 Å². The molecule has 32 heavy (non-hydrogen) atoms. The van der Waals surface area contributed by atoms with Gasteiger partial charge in [-0.3, -0.25) is 4.57 Å². The lowest BCUT2D eigenvalue weighted by Crippen LogP contribution is -2.15. The Hall–Kier alpha value is -1.59. The average Bonchev–Trinajstić information content (AvgIpc) is 3.47. The molecule has 172 valence electrons. The van der Waals surface area contributed by atoms with Crippen molar-refractivity contribution in [3.05, 3.63) is 70.1 Å². The fourth-order valence-electron chi connectivity index (χ4n) is 4.12. The fourth-order valence-corrected chi connectivity index (χ4v) is 8.32. The van der Waals surface area contributed by atoms with Gasteiger partial charge in [-0.2, -0.15) is 0 Å². The molecule has 1 unspecified atom stereocenters. The largest absolute Gasteiger partial charge is 0.339 e. The molecule has 0 saturated heterocycles. The predicted molar refractivity (Wildman–Crippen MR) is 127 cm³/mol. The second kappa shape index (κ2) is 9.34. The maximum Gasteiger partial charge on any atom is 0.339 e. The van der Waals surface area contributed by atoms with Crippen LogP contribution in [0, 0.1) is 11.6 Å². The standard InChI is InChI=1S/C25H29F2O3PS/c1-15(2)29-31(28,30-16(3)4)22(14-17-9-12-20(26)21(27)13-17)25-24(18-10-11-18)19-7-5-6-8-23(19)32-25/h5-9,12-13,15-16,18,22H,10-11,14H2,1-4H3. The SMILES string of the molecule is CC(C)OP(=O)(OC(C)C)C(Cc1ccc(F)c(F)c1)c1sc2ccccc2c1C1CC1. The van der Waals surface area contributed by atoms with Gasteiger partial charge in [0.15, 0.2) is 11.6 Å². The number of hydrogen-bond donors (Lipinski definition) is 0. The molecule has 1 saturated carbocycles. The van der Waals surface area contributed by atoms with Crippen LogP contribution in [0.15, 0.2) is 42.5 Å². The average molecular weight is 479 g/mol. The zero-order chi connectivity index (χ0) is 23.0. The molecule has 1 heterocycles. The molecule has 1 atom stereocenters. The van der Waals surface area contributed by atoms with Gasteiger partial charge < -0.3 is 9.05 Å². The van der Waals surface area contributed by atoms with Crippen LogP contribution < -0.4 is 0 Å². The van der Waals surface area contributed by atoms with Gasteiger partial charge >= 0.3 is 7.60 Å². The van der Waals surface area contributed by atoms with Gasteiger partial charge in [0.2, 0.25) is 0 Å². The highest BCUT2D eigenvalue weighted by Gasteiger charge is 2.43. The predicted octanol–water partition coefficient (Wildman–Crippen LogP) is 8.38. The maximum absolute atomic E-state index is 14.4. The van der Waals surface area contributed by atoms with Crippen LogP contribution in [0.1, 0.15) is 68.1 Å². The van der Waals surface area contributed by atoms with Crippen molar-refractivity contribution in [2.24, 2.45) is 0 Å². The van der Waals surface area contributed by atoms with E-state index in [1.54, 1.807) is 17.4 Å². The molecular formula is C25H29F2O3PS. The van der Waals surface area contributed by atoms with E-state index in [0.29, 0.717) is 11.5 Å². The zero-order valence-electron chi connectivity index (χ0n) is 18.8. The van der Waals surface area contributed by atoms with Gasteiger partial charge in [0.25, 0.3) is 0 Å². The minimum Gasteiger partial charge on any atom is -0.305 e. The Labute approximate surface area is 192 Å². The monoisotopic (exact) mass is 478 g/mol. The van der Waals surface area contributed by atoms with Crippen LogP contribution in [0.2, 0.25) is 0 Å². The van der Waals surface area contributed by atoms with Gasteiger partial charge in [0.05, 0.1) is 17.9 Å². The number of fused-ring (bicyclic) bond motifs is 1. The van der Waals surface area contributed by atoms with Crippen molar-refractivity contribution in [3.8, 4) is 0 Å². The topological polar surface area (TPSA) is 35.5 Å². The van der Waals surface area contributed by atoms with Gasteiger partial charge in [-0.15, -0.1) is 11.3 Å². The van der Waals surface area contributed by atoms with E-state index in [0.717, 1.165) is 28.5 Å². The fraction of sp³-hybridized carbons (Fsp3) is 0.440. The Balaban J connectivity index is 1.89. The van der Waals surface area contributed by atoms with Crippen LogP contribution in [0.3, 0.4) is 0 Å². The summed E-state index contributed by atoms with van der Waals surface area (Å²) >= 11 is 1.61. The second-order valence-corrected chi connectivity index (χ2v) is 12.2. The smallest absolute Gasteiger partial charge is 0.305 e. The Morgan fingerprint density at radius 3 is 2.25 bits per heavy atom. The highest BCUT2D eigenvalue weighted by atomic mass is 32.1. The summed E-state index contributed by atoms with van der Waals surface area (Å²) in [6.45, 7) is 7.32. The van der Waals surface area contributed by atoms with Crippen LogP contribution in [0.4, 0.5) is 8.78 Å². The normalized spacial score (nSPS) is 15.8. The third kappa shape index (κ3) is 4.99. The summed E-state index contributed by atoms with van der Waals surface area (Å²) in [5.74, 6) is -1.39. The van der Waals surface area contributed by atoms with Crippen molar-refractivity contribution in [3.63, 3.8) is 0 Å². The maximum atomic E-state index is 14.4. The molecule has 1 aliphatic rings. The van der Waals surface area contributed by atoms with Crippen LogP contribution in [-0.4, -0.2) is 12.2 Å². The summed E-state index contributed by atoms with van der Waals surface area (Å²) in [7, 11) is -3.66. The van der Waals surface area contributed by atoms with Gasteiger partial charge in [-0.05, 0) is 87.6 Å². The minimum absolute atomic E-state index is 0.237. The molecule has 0 radical (unpaired) electrons. The number of rotatable bonds is 9. The molecule has 1 fully saturated rings. The molecule has 0 spiro atoms. The van der Waals surface area contributed by atoms with Crippen molar-refractivity contribution < 1.29 is 22.4 Å². The molecule has 1 aromatic heterocycles. The van der Waals surface area contributed by atoms with Crippen molar-refractivity contribution in [1.29, 1.82) is 0 Å². The molecule has 0 bridgehead atoms. The van der Waals surface area contributed by atoms with Gasteiger partial charge in [-0.25, -0.2) is 8.78 Å². The van der Waals surface area contributed by atoms with Crippen molar-refractivity contribution in [1.82, 2.24) is 0 Å². The lowest BCUT2D eigenvalue weighted by Gasteiger charge is -2.30. The Morgan fingerprint density at radius 1 is 1.00 bits per heavy atom. The van der Waals surface area contributed by atoms with Crippen molar-refractivity contribution in [2.45, 2.75) is 70.7 Å². The second-order valence-electron chi connectivity index (χ2n) is 8.97. The molecule has 4 rings (SSSR count). The molecular weight excluding hydrogens is 449 g/mol. The summed E-state index contributed by atoms with van der Waals surface area (Å²) in [4.78, 5) is 0.975. The lowest BCUT2D eigenvalue weighted by atomic mass is 10.0. The Bertz CT molecular complexity index is 1140. The first-order chi connectivity index (χ1) is 15.2. The van der Waals surface area contributed by atoms with Gasteiger partial charge in [0.1, 0.15) is 0 Å². The van der Waals surface area contributed by atoms with E-state index in [1.165, 1.54) is 17.0 Å². The first-order valence-corrected chi connectivity index (χ1v) is 13.5. The van der Waals surface area contributed by atoms with E-state index in [4.69, 9.17) is 9.05 Å². The summed E-state index contributed by atoms with van der Waals surface area (Å²) < 4.78 is 55.1. The van der Waals surface area contributed by atoms with Crippen LogP contribution in [-0.2, 0) is 20.0 Å². The van der Waals surface area contributed by atoms with Crippen LogP contribution in [0.25, 0.3) is 10.1 Å². The molecule has 0 amide bonds. The van der Waals surface area contributed by atoms with Gasteiger partial charge in [-0.1, -0.05) is 24.3 Å². The van der Waals surface area contributed by atoms with Gasteiger partial charge in [0, 0.05) is 9.58 Å². The van der Waals surface area contributed by atoms with Crippen molar-refractivity contribution in [2.75, 3.05) is 0 Å². The Kier molecular flexibility index (Phi) is 6.88. The number of hydrogen-bond acceptors (Lipinski definition) is 4. The summed E-state index contributed by atoms with van der Waals surface area (Å²) in [5, 5.41) is 1.17. The van der Waals surface area contributed by atoms with Crippen LogP contribution in [0.5, 0.6) is 0 Å². The number of halogens is 2. The summed E-state index contributed by atoms with van der Waals surface area (Å²) in [6.07, 6.45) is 1.79. The third-order valence-corrected chi connectivity index (χ3v) is 9.57. The Morgan fingerprint density at radius 2 is 1.66 bits per heavy atom. The van der Waals surface area contributed by atoms with E-state index in [-0.39, 0.29) is 18.6 Å². The minimum atomic E-state index is -3.66. The molecule has 7 heteroatoms. The zero-order valence-corrected chi connectivity index (χ0v) is 20.5. The summed E-state index contributed by atoms with van der Waals surface area (Å²) in [6, 6.07) is 12.0. The molecule has 1 aliphatic carbocycles. The van der Waals surface area contributed by atoms with E-state index >= 15 is 0 Å². The van der Waals surface area contributed by atoms with Crippen molar-refractivity contribution >= 4 is 29.0 Å². The van der Waals surface area contributed by atoms with Crippen LogP contribution >= 0.6 is 18.9 Å². The number of benzene rings is 2. The van der Waals surface area contributed by atoms with E-state index in [9.17, 15) is 13.3 Å². The number of thiophene rings is 1. The first kappa shape index (κ1) is 23.6. The highest BCUT2D eigenvalue weighted by Crippen LogP contribution is 2.66. The van der Waals surface area contributed by atoms with E-state index in [2.05, 4.69) is 12.1 Å². The first-order valence-electron chi connectivity index (χ1n) is 11.1. The van der Waals surface area contributed by atoms with E-state index in [1.807, 2.05) is 39.8 Å². The molecule has 0 aliphatic heterocycles. The molecule has 3 nitrogen and oxygen atoms in total. The highest BCUT2D eigenvalue weighted by molar-refractivity contribution is 7.54. The lowest BCUT2D eigenvalue weighted by molar-refractivity contribution is 0.136. The summed E-state index contributed by atoms with van der Waals surface area (Å²) in [5.41, 5.74) is 1.16.